The zero-order chi connectivity index (χ0) is 11.2. The van der Waals surface area contributed by atoms with Crippen molar-refractivity contribution in [3.63, 3.8) is 0 Å². The van der Waals surface area contributed by atoms with Crippen molar-refractivity contribution in [3.05, 3.63) is 30.3 Å². The number of rotatable bonds is 5. The van der Waals surface area contributed by atoms with E-state index in [0.29, 0.717) is 18.1 Å². The zero-order valence-corrected chi connectivity index (χ0v) is 10.0. The molecule has 0 spiro atoms. The van der Waals surface area contributed by atoms with Crippen LogP contribution < -0.4 is 4.74 Å². The summed E-state index contributed by atoms with van der Waals surface area (Å²) in [4.78, 5) is 11.4. The fourth-order valence-corrected chi connectivity index (χ4v) is 2.99. The summed E-state index contributed by atoms with van der Waals surface area (Å²) in [5.74, 6) is 3.33. The van der Waals surface area contributed by atoms with Gasteiger partial charge in [0.1, 0.15) is 11.5 Å². The molecule has 0 N–H and O–H groups in total. The molecule has 86 valence electrons. The minimum atomic E-state index is 0.282. The van der Waals surface area contributed by atoms with E-state index in [1.165, 1.54) is 0 Å². The van der Waals surface area contributed by atoms with Gasteiger partial charge in [0.2, 0.25) is 0 Å². The Morgan fingerprint density at radius 1 is 1.31 bits per heavy atom. The summed E-state index contributed by atoms with van der Waals surface area (Å²) >= 11 is 1.75. The van der Waals surface area contributed by atoms with E-state index in [-0.39, 0.29) is 5.92 Å². The Kier molecular flexibility index (Phi) is 4.28. The smallest absolute Gasteiger partial charge is 0.146 e. The third kappa shape index (κ3) is 3.27. The van der Waals surface area contributed by atoms with E-state index < -0.39 is 0 Å². The number of carbonyl (C=O) groups excluding carboxylic acids is 1. The van der Waals surface area contributed by atoms with Crippen LogP contribution in [0.15, 0.2) is 30.3 Å². The molecule has 3 heteroatoms. The summed E-state index contributed by atoms with van der Waals surface area (Å²) in [7, 11) is 0. The highest BCUT2D eigenvalue weighted by molar-refractivity contribution is 8.00. The van der Waals surface area contributed by atoms with Crippen LogP contribution in [0.4, 0.5) is 0 Å². The average molecular weight is 236 g/mol. The third-order valence-corrected chi connectivity index (χ3v) is 3.85. The van der Waals surface area contributed by atoms with Crippen LogP contribution in [0.3, 0.4) is 0 Å². The lowest BCUT2D eigenvalue weighted by Crippen LogP contribution is -2.12. The molecule has 2 nitrogen and oxygen atoms in total. The summed E-state index contributed by atoms with van der Waals surface area (Å²) < 4.78 is 5.58. The first-order valence-electron chi connectivity index (χ1n) is 5.64. The van der Waals surface area contributed by atoms with Gasteiger partial charge in [-0.15, -0.1) is 0 Å². The van der Waals surface area contributed by atoms with Gasteiger partial charge in [-0.25, -0.2) is 0 Å². The number of hydrogen-bond donors (Lipinski definition) is 0. The Morgan fingerprint density at radius 3 is 2.81 bits per heavy atom. The monoisotopic (exact) mass is 236 g/mol. The molecule has 0 saturated carbocycles. The van der Waals surface area contributed by atoms with E-state index in [4.69, 9.17) is 4.74 Å². The summed E-state index contributed by atoms with van der Waals surface area (Å²) in [5, 5.41) is 0. The Hall–Kier alpha value is -0.960. The van der Waals surface area contributed by atoms with Crippen molar-refractivity contribution in [2.24, 2.45) is 5.92 Å². The maximum absolute atomic E-state index is 11.4. The number of hydrogen-bond acceptors (Lipinski definition) is 3. The van der Waals surface area contributed by atoms with Crippen LogP contribution >= 0.6 is 11.8 Å². The molecule has 1 saturated heterocycles. The van der Waals surface area contributed by atoms with Gasteiger partial charge >= 0.3 is 0 Å². The average Bonchev–Trinajstić information content (AvgIpc) is 2.72. The summed E-state index contributed by atoms with van der Waals surface area (Å²) in [6.45, 7) is 0.707. The van der Waals surface area contributed by atoms with E-state index in [9.17, 15) is 4.79 Å². The molecule has 0 bridgehead atoms. The molecule has 1 aliphatic heterocycles. The minimum absolute atomic E-state index is 0.282. The first kappa shape index (κ1) is 11.5. The molecule has 16 heavy (non-hydrogen) atoms. The molecule has 0 aliphatic carbocycles. The van der Waals surface area contributed by atoms with Crippen molar-refractivity contribution >= 4 is 17.5 Å². The highest BCUT2D eigenvalue weighted by Crippen LogP contribution is 2.24. The second-order valence-corrected chi connectivity index (χ2v) is 5.01. The molecule has 2 rings (SSSR count). The van der Waals surface area contributed by atoms with E-state index in [1.807, 2.05) is 30.3 Å². The molecule has 1 aromatic carbocycles. The minimum Gasteiger partial charge on any atom is -0.494 e. The van der Waals surface area contributed by atoms with E-state index >= 15 is 0 Å². The SMILES string of the molecule is O=C1CSCC1CCCOc1ccccc1. The van der Waals surface area contributed by atoms with Crippen molar-refractivity contribution in [1.29, 1.82) is 0 Å². The van der Waals surface area contributed by atoms with Crippen LogP contribution in [-0.2, 0) is 4.79 Å². The van der Waals surface area contributed by atoms with Gasteiger partial charge in [-0.3, -0.25) is 4.79 Å². The summed E-state index contributed by atoms with van der Waals surface area (Å²) in [5.41, 5.74) is 0. The lowest BCUT2D eigenvalue weighted by atomic mass is 10.0. The number of benzene rings is 1. The van der Waals surface area contributed by atoms with Crippen LogP contribution in [-0.4, -0.2) is 23.9 Å². The quantitative estimate of drug-likeness (QED) is 0.735. The van der Waals surface area contributed by atoms with Crippen LogP contribution in [0, 0.1) is 5.92 Å². The van der Waals surface area contributed by atoms with Crippen molar-refractivity contribution in [2.75, 3.05) is 18.1 Å². The first-order chi connectivity index (χ1) is 7.86. The molecule has 0 amide bonds. The Bertz CT molecular complexity index is 337. The van der Waals surface area contributed by atoms with Gasteiger partial charge in [-0.2, -0.15) is 11.8 Å². The highest BCUT2D eigenvalue weighted by atomic mass is 32.2. The molecular weight excluding hydrogens is 220 g/mol. The van der Waals surface area contributed by atoms with Gasteiger partial charge in [0.15, 0.2) is 0 Å². The largest absolute Gasteiger partial charge is 0.494 e. The van der Waals surface area contributed by atoms with Gasteiger partial charge in [-0.05, 0) is 25.0 Å². The zero-order valence-electron chi connectivity index (χ0n) is 9.22. The number of carbonyl (C=O) groups is 1. The molecule has 1 atom stereocenters. The maximum Gasteiger partial charge on any atom is 0.146 e. The van der Waals surface area contributed by atoms with Crippen LogP contribution in [0.2, 0.25) is 0 Å². The number of para-hydroxylation sites is 1. The number of ketones is 1. The third-order valence-electron chi connectivity index (χ3n) is 2.73. The maximum atomic E-state index is 11.4. The van der Waals surface area contributed by atoms with Crippen molar-refractivity contribution in [3.8, 4) is 5.75 Å². The molecule has 0 radical (unpaired) electrons. The fourth-order valence-electron chi connectivity index (χ4n) is 1.79. The molecule has 1 heterocycles. The number of Topliss-reactive ketones (excluding diaryl/α,β-unsaturated/α-hetero) is 1. The first-order valence-corrected chi connectivity index (χ1v) is 6.80. The Balaban J connectivity index is 1.64. The molecular formula is C13H16O2S. The predicted molar refractivity (Wildman–Crippen MR) is 67.0 cm³/mol. The van der Waals surface area contributed by atoms with Gasteiger partial charge in [0, 0.05) is 11.7 Å². The van der Waals surface area contributed by atoms with Crippen molar-refractivity contribution in [1.82, 2.24) is 0 Å². The predicted octanol–water partition coefficient (Wildman–Crippen LogP) is 2.78. The van der Waals surface area contributed by atoms with Gasteiger partial charge in [0.25, 0.3) is 0 Å². The molecule has 1 aromatic rings. The summed E-state index contributed by atoms with van der Waals surface area (Å²) in [6, 6.07) is 9.81. The lowest BCUT2D eigenvalue weighted by Gasteiger charge is -2.08. The second-order valence-electron chi connectivity index (χ2n) is 3.98. The molecule has 1 aliphatic rings. The van der Waals surface area contributed by atoms with E-state index in [2.05, 4.69) is 0 Å². The lowest BCUT2D eigenvalue weighted by molar-refractivity contribution is -0.119. The Labute approximate surface area is 100 Å². The van der Waals surface area contributed by atoms with E-state index in [1.54, 1.807) is 11.8 Å². The van der Waals surface area contributed by atoms with Crippen molar-refractivity contribution in [2.45, 2.75) is 12.8 Å². The number of thioether (sulfide) groups is 1. The summed E-state index contributed by atoms with van der Waals surface area (Å²) in [6.07, 6.45) is 1.94. The standard InChI is InChI=1S/C13H16O2S/c14-13-10-16-9-11(13)5-4-8-15-12-6-2-1-3-7-12/h1-3,6-7,11H,4-5,8-10H2. The van der Waals surface area contributed by atoms with Gasteiger partial charge < -0.3 is 4.74 Å². The van der Waals surface area contributed by atoms with Crippen LogP contribution in [0.1, 0.15) is 12.8 Å². The van der Waals surface area contributed by atoms with Gasteiger partial charge in [-0.1, -0.05) is 18.2 Å². The molecule has 1 unspecified atom stereocenters. The van der Waals surface area contributed by atoms with Gasteiger partial charge in [0.05, 0.1) is 12.4 Å². The molecule has 0 aromatic heterocycles. The topological polar surface area (TPSA) is 26.3 Å². The van der Waals surface area contributed by atoms with Crippen LogP contribution in [0.25, 0.3) is 0 Å². The fraction of sp³-hybridized carbons (Fsp3) is 0.462. The Morgan fingerprint density at radius 2 is 2.12 bits per heavy atom. The highest BCUT2D eigenvalue weighted by Gasteiger charge is 2.23. The molecule has 1 fully saturated rings. The van der Waals surface area contributed by atoms with Crippen molar-refractivity contribution < 1.29 is 9.53 Å². The van der Waals surface area contributed by atoms with Crippen LogP contribution in [0.5, 0.6) is 5.75 Å². The second kappa shape index (κ2) is 5.94. The normalized spacial score (nSPS) is 20.0. The number of ether oxygens (including phenoxy) is 1. The van der Waals surface area contributed by atoms with E-state index in [0.717, 1.165) is 24.3 Å².